The van der Waals surface area contributed by atoms with Crippen LogP contribution in [0.25, 0.3) is 5.69 Å². The molecule has 1 aromatic heterocycles. The fourth-order valence-corrected chi connectivity index (χ4v) is 2.59. The Hall–Kier alpha value is -3.08. The summed E-state index contributed by atoms with van der Waals surface area (Å²) in [5, 5.41) is 7.13. The molecule has 1 unspecified atom stereocenters. The minimum absolute atomic E-state index is 0.112. The second-order valence-electron chi connectivity index (χ2n) is 6.23. The molecule has 2 aromatic carbocycles. The summed E-state index contributed by atoms with van der Waals surface area (Å²) in [4.78, 5) is 12.2. The Morgan fingerprint density at radius 2 is 1.88 bits per heavy atom. The summed E-state index contributed by atoms with van der Waals surface area (Å²) < 4.78 is 7.48. The van der Waals surface area contributed by atoms with Gasteiger partial charge in [0.15, 0.2) is 6.10 Å². The van der Waals surface area contributed by atoms with Gasteiger partial charge < -0.3 is 10.1 Å². The summed E-state index contributed by atoms with van der Waals surface area (Å²) in [6.45, 7) is 4.34. The van der Waals surface area contributed by atoms with Crippen LogP contribution in [-0.2, 0) is 11.2 Å². The molecule has 134 valence electrons. The van der Waals surface area contributed by atoms with Crippen molar-refractivity contribution in [2.75, 3.05) is 6.54 Å². The van der Waals surface area contributed by atoms with Gasteiger partial charge in [0.25, 0.3) is 5.91 Å². The average Bonchev–Trinajstić information content (AvgIpc) is 3.19. The molecule has 1 heterocycles. The van der Waals surface area contributed by atoms with Crippen LogP contribution in [0.3, 0.4) is 0 Å². The second kappa shape index (κ2) is 8.34. The molecule has 0 saturated carbocycles. The molecular formula is C21H23N3O2. The highest BCUT2D eigenvalue weighted by atomic mass is 16.5. The summed E-state index contributed by atoms with van der Waals surface area (Å²) in [5.74, 6) is 0.589. The van der Waals surface area contributed by atoms with Crippen molar-refractivity contribution in [1.29, 1.82) is 0 Å². The van der Waals surface area contributed by atoms with Crippen molar-refractivity contribution >= 4 is 5.91 Å². The van der Waals surface area contributed by atoms with E-state index in [2.05, 4.69) is 22.5 Å². The van der Waals surface area contributed by atoms with Crippen LogP contribution in [0.2, 0.25) is 0 Å². The van der Waals surface area contributed by atoms with Crippen molar-refractivity contribution in [2.24, 2.45) is 0 Å². The zero-order valence-corrected chi connectivity index (χ0v) is 15.1. The third-order valence-corrected chi connectivity index (χ3v) is 4.12. The normalized spacial score (nSPS) is 11.8. The molecule has 1 atom stereocenters. The van der Waals surface area contributed by atoms with E-state index >= 15 is 0 Å². The number of hydrogen-bond donors (Lipinski definition) is 1. The van der Waals surface area contributed by atoms with Gasteiger partial charge in [0.1, 0.15) is 5.75 Å². The predicted octanol–water partition coefficient (Wildman–Crippen LogP) is 3.31. The van der Waals surface area contributed by atoms with Crippen LogP contribution in [0.1, 0.15) is 18.1 Å². The number of aryl methyl sites for hydroxylation is 1. The van der Waals surface area contributed by atoms with Gasteiger partial charge in [-0.05, 0) is 56.2 Å². The molecule has 3 rings (SSSR count). The summed E-state index contributed by atoms with van der Waals surface area (Å²) in [6.07, 6.45) is 3.90. The Balaban J connectivity index is 1.45. The van der Waals surface area contributed by atoms with E-state index in [4.69, 9.17) is 4.74 Å². The van der Waals surface area contributed by atoms with Crippen LogP contribution >= 0.6 is 0 Å². The lowest BCUT2D eigenvalue weighted by Crippen LogP contribution is -2.37. The molecule has 26 heavy (non-hydrogen) atoms. The van der Waals surface area contributed by atoms with E-state index in [1.54, 1.807) is 13.1 Å². The summed E-state index contributed by atoms with van der Waals surface area (Å²) in [6, 6.07) is 17.7. The molecule has 1 N–H and O–H groups in total. The molecule has 5 heteroatoms. The molecular weight excluding hydrogens is 326 g/mol. The van der Waals surface area contributed by atoms with Gasteiger partial charge in [0.2, 0.25) is 0 Å². The van der Waals surface area contributed by atoms with Gasteiger partial charge in [-0.1, -0.05) is 29.8 Å². The maximum atomic E-state index is 12.2. The Bertz CT molecular complexity index is 825. The third kappa shape index (κ3) is 4.72. The number of hydrogen-bond acceptors (Lipinski definition) is 3. The Labute approximate surface area is 153 Å². The summed E-state index contributed by atoms with van der Waals surface area (Å²) in [5.41, 5.74) is 3.34. The number of benzene rings is 2. The number of carbonyl (C=O) groups is 1. The first-order valence-corrected chi connectivity index (χ1v) is 8.72. The first-order valence-electron chi connectivity index (χ1n) is 8.72. The van der Waals surface area contributed by atoms with Crippen molar-refractivity contribution in [3.05, 3.63) is 78.1 Å². The van der Waals surface area contributed by atoms with E-state index in [-0.39, 0.29) is 5.91 Å². The Morgan fingerprint density at radius 1 is 1.15 bits per heavy atom. The van der Waals surface area contributed by atoms with Crippen LogP contribution in [0.4, 0.5) is 0 Å². The number of nitrogens with one attached hydrogen (secondary N) is 1. The second-order valence-corrected chi connectivity index (χ2v) is 6.23. The average molecular weight is 349 g/mol. The fourth-order valence-electron chi connectivity index (χ4n) is 2.59. The van der Waals surface area contributed by atoms with Gasteiger partial charge in [-0.25, -0.2) is 4.68 Å². The number of nitrogens with zero attached hydrogens (tertiary/aromatic N) is 2. The van der Waals surface area contributed by atoms with Crippen LogP contribution in [0.5, 0.6) is 5.75 Å². The molecule has 1 amide bonds. The Kier molecular flexibility index (Phi) is 5.69. The molecule has 0 fully saturated rings. The third-order valence-electron chi connectivity index (χ3n) is 4.12. The van der Waals surface area contributed by atoms with Gasteiger partial charge in [-0.15, -0.1) is 0 Å². The first-order chi connectivity index (χ1) is 12.6. The Morgan fingerprint density at radius 3 is 2.54 bits per heavy atom. The highest BCUT2D eigenvalue weighted by molar-refractivity contribution is 5.80. The van der Waals surface area contributed by atoms with Crippen molar-refractivity contribution < 1.29 is 9.53 Å². The fraction of sp³-hybridized carbons (Fsp3) is 0.238. The lowest BCUT2D eigenvalue weighted by Gasteiger charge is -2.15. The monoisotopic (exact) mass is 349 g/mol. The predicted molar refractivity (Wildman–Crippen MR) is 102 cm³/mol. The van der Waals surface area contributed by atoms with E-state index < -0.39 is 6.10 Å². The summed E-state index contributed by atoms with van der Waals surface area (Å²) >= 11 is 0. The van der Waals surface area contributed by atoms with Crippen molar-refractivity contribution in [3.8, 4) is 11.4 Å². The number of aromatic nitrogens is 2. The van der Waals surface area contributed by atoms with E-state index in [0.717, 1.165) is 23.2 Å². The van der Waals surface area contributed by atoms with Gasteiger partial charge in [0, 0.05) is 18.9 Å². The highest BCUT2D eigenvalue weighted by Crippen LogP contribution is 2.13. The van der Waals surface area contributed by atoms with Crippen molar-refractivity contribution in [1.82, 2.24) is 15.1 Å². The van der Waals surface area contributed by atoms with Crippen molar-refractivity contribution in [3.63, 3.8) is 0 Å². The largest absolute Gasteiger partial charge is 0.481 e. The van der Waals surface area contributed by atoms with Crippen LogP contribution < -0.4 is 10.1 Å². The van der Waals surface area contributed by atoms with E-state index in [1.807, 2.05) is 60.3 Å². The van der Waals surface area contributed by atoms with E-state index in [0.29, 0.717) is 12.3 Å². The minimum Gasteiger partial charge on any atom is -0.481 e. The molecule has 0 aliphatic carbocycles. The topological polar surface area (TPSA) is 56.1 Å². The van der Waals surface area contributed by atoms with Crippen LogP contribution in [0.15, 0.2) is 67.0 Å². The lowest BCUT2D eigenvalue weighted by molar-refractivity contribution is -0.127. The number of ether oxygens (including phenoxy) is 1. The standard InChI is InChI=1S/C21H23N3O2/c1-16-4-10-20(11-5-16)26-17(2)21(25)22-14-12-18-6-8-19(9-7-18)24-15-3-13-23-24/h3-11,13,15,17H,12,14H2,1-2H3,(H,22,25). The number of rotatable bonds is 7. The van der Waals surface area contributed by atoms with Crippen LogP contribution in [-0.4, -0.2) is 28.3 Å². The molecule has 0 bridgehead atoms. The highest BCUT2D eigenvalue weighted by Gasteiger charge is 2.13. The van der Waals surface area contributed by atoms with Crippen molar-refractivity contribution in [2.45, 2.75) is 26.4 Å². The molecule has 3 aromatic rings. The number of carbonyl (C=O) groups excluding carboxylic acids is 1. The maximum Gasteiger partial charge on any atom is 0.260 e. The quantitative estimate of drug-likeness (QED) is 0.712. The zero-order chi connectivity index (χ0) is 18.4. The molecule has 0 aliphatic rings. The first kappa shape index (κ1) is 17.7. The maximum absolute atomic E-state index is 12.2. The molecule has 0 spiro atoms. The molecule has 0 aliphatic heterocycles. The molecule has 0 radical (unpaired) electrons. The SMILES string of the molecule is Cc1ccc(OC(C)C(=O)NCCc2ccc(-n3cccn3)cc2)cc1. The molecule has 0 saturated heterocycles. The molecule has 5 nitrogen and oxygen atoms in total. The lowest BCUT2D eigenvalue weighted by atomic mass is 10.1. The van der Waals surface area contributed by atoms with E-state index in [9.17, 15) is 4.79 Å². The van der Waals surface area contributed by atoms with Gasteiger partial charge >= 0.3 is 0 Å². The van der Waals surface area contributed by atoms with E-state index in [1.165, 1.54) is 0 Å². The summed E-state index contributed by atoms with van der Waals surface area (Å²) in [7, 11) is 0. The van der Waals surface area contributed by atoms with Gasteiger partial charge in [-0.2, -0.15) is 5.10 Å². The zero-order valence-electron chi connectivity index (χ0n) is 15.1. The van der Waals surface area contributed by atoms with Gasteiger partial charge in [-0.3, -0.25) is 4.79 Å². The van der Waals surface area contributed by atoms with Crippen LogP contribution in [0, 0.1) is 6.92 Å². The smallest absolute Gasteiger partial charge is 0.260 e. The minimum atomic E-state index is -0.528. The number of amides is 1. The van der Waals surface area contributed by atoms with Gasteiger partial charge in [0.05, 0.1) is 5.69 Å².